The number of hydrogen-bond acceptors (Lipinski definition) is 3. The van der Waals surface area contributed by atoms with Crippen LogP contribution in [0.15, 0.2) is 42.5 Å². The lowest BCUT2D eigenvalue weighted by Gasteiger charge is -2.11. The number of halogens is 1. The Hall–Kier alpha value is -2.38. The third-order valence-corrected chi connectivity index (χ3v) is 3.06. The minimum Gasteiger partial charge on any atom is -0.456 e. The van der Waals surface area contributed by atoms with E-state index in [4.69, 9.17) is 15.7 Å². The molecule has 0 bridgehead atoms. The molecule has 0 spiro atoms. The second kappa shape index (κ2) is 6.18. The molecule has 0 heterocycles. The standard InChI is InChI=1S/C16H15FN2O/c1-2-15(19)11-6-8-12(9-7-11)20-16-5-3-4-14(17)13(16)10-18/h3-9,15H,2,19H2,1H3/t15-/m1/s1. The van der Waals surface area contributed by atoms with Crippen LogP contribution in [-0.2, 0) is 0 Å². The summed E-state index contributed by atoms with van der Waals surface area (Å²) in [6.07, 6.45) is 0.850. The van der Waals surface area contributed by atoms with Gasteiger partial charge in [0.1, 0.15) is 28.9 Å². The third kappa shape index (κ3) is 2.95. The summed E-state index contributed by atoms with van der Waals surface area (Å²) in [4.78, 5) is 0. The monoisotopic (exact) mass is 270 g/mol. The van der Waals surface area contributed by atoms with E-state index >= 15 is 0 Å². The minimum atomic E-state index is -0.588. The summed E-state index contributed by atoms with van der Waals surface area (Å²) < 4.78 is 19.0. The van der Waals surface area contributed by atoms with Crippen LogP contribution in [0.4, 0.5) is 4.39 Å². The van der Waals surface area contributed by atoms with Crippen molar-refractivity contribution in [2.75, 3.05) is 0 Å². The molecule has 1 atom stereocenters. The molecule has 0 fully saturated rings. The van der Waals surface area contributed by atoms with Gasteiger partial charge in [0.15, 0.2) is 0 Å². The largest absolute Gasteiger partial charge is 0.456 e. The summed E-state index contributed by atoms with van der Waals surface area (Å²) in [7, 11) is 0. The van der Waals surface area contributed by atoms with Crippen LogP contribution in [-0.4, -0.2) is 0 Å². The van der Waals surface area contributed by atoms with E-state index in [1.165, 1.54) is 12.1 Å². The summed E-state index contributed by atoms with van der Waals surface area (Å²) in [6, 6.07) is 13.4. The molecular formula is C16H15FN2O. The summed E-state index contributed by atoms with van der Waals surface area (Å²) >= 11 is 0. The van der Waals surface area contributed by atoms with Gasteiger partial charge in [-0.1, -0.05) is 25.1 Å². The highest BCUT2D eigenvalue weighted by molar-refractivity contribution is 5.46. The lowest BCUT2D eigenvalue weighted by molar-refractivity contribution is 0.474. The van der Waals surface area contributed by atoms with Gasteiger partial charge in [-0.25, -0.2) is 4.39 Å². The van der Waals surface area contributed by atoms with E-state index in [9.17, 15) is 4.39 Å². The van der Waals surface area contributed by atoms with Crippen molar-refractivity contribution in [1.29, 1.82) is 5.26 Å². The Kier molecular flexibility index (Phi) is 4.34. The van der Waals surface area contributed by atoms with Crippen molar-refractivity contribution in [3.63, 3.8) is 0 Å². The van der Waals surface area contributed by atoms with Crippen LogP contribution in [0.25, 0.3) is 0 Å². The van der Waals surface area contributed by atoms with E-state index in [1.54, 1.807) is 24.3 Å². The zero-order valence-electron chi connectivity index (χ0n) is 11.1. The zero-order valence-corrected chi connectivity index (χ0v) is 11.1. The maximum atomic E-state index is 13.4. The second-order valence-electron chi connectivity index (χ2n) is 4.41. The molecular weight excluding hydrogens is 255 g/mol. The van der Waals surface area contributed by atoms with Crippen LogP contribution >= 0.6 is 0 Å². The summed E-state index contributed by atoms with van der Waals surface area (Å²) in [6.45, 7) is 2.01. The van der Waals surface area contributed by atoms with Gasteiger partial charge in [0, 0.05) is 6.04 Å². The van der Waals surface area contributed by atoms with Gasteiger partial charge in [-0.2, -0.15) is 5.26 Å². The van der Waals surface area contributed by atoms with Gasteiger partial charge in [0.2, 0.25) is 0 Å². The number of nitrogens with two attached hydrogens (primary N) is 1. The van der Waals surface area contributed by atoms with Crippen LogP contribution in [0.2, 0.25) is 0 Å². The van der Waals surface area contributed by atoms with Gasteiger partial charge in [0.05, 0.1) is 0 Å². The highest BCUT2D eigenvalue weighted by atomic mass is 19.1. The Morgan fingerprint density at radius 2 is 1.95 bits per heavy atom. The van der Waals surface area contributed by atoms with Gasteiger partial charge in [0.25, 0.3) is 0 Å². The smallest absolute Gasteiger partial charge is 0.148 e. The molecule has 0 aliphatic carbocycles. The quantitative estimate of drug-likeness (QED) is 0.916. The first kappa shape index (κ1) is 14.0. The summed E-state index contributed by atoms with van der Waals surface area (Å²) in [5, 5.41) is 8.94. The van der Waals surface area contributed by atoms with E-state index in [-0.39, 0.29) is 17.4 Å². The van der Waals surface area contributed by atoms with Crippen molar-refractivity contribution in [1.82, 2.24) is 0 Å². The first-order valence-electron chi connectivity index (χ1n) is 6.37. The van der Waals surface area contributed by atoms with E-state index in [2.05, 4.69) is 0 Å². The van der Waals surface area contributed by atoms with Gasteiger partial charge in [-0.05, 0) is 36.2 Å². The molecule has 0 radical (unpaired) electrons. The molecule has 0 aliphatic rings. The van der Waals surface area contributed by atoms with Crippen molar-refractivity contribution >= 4 is 0 Å². The number of nitriles is 1. The molecule has 102 valence electrons. The molecule has 4 heteroatoms. The third-order valence-electron chi connectivity index (χ3n) is 3.06. The fourth-order valence-electron chi connectivity index (χ4n) is 1.84. The Bertz CT molecular complexity index is 632. The molecule has 20 heavy (non-hydrogen) atoms. The van der Waals surface area contributed by atoms with Gasteiger partial charge in [-0.15, -0.1) is 0 Å². The Morgan fingerprint density at radius 3 is 2.55 bits per heavy atom. The molecule has 0 aliphatic heterocycles. The number of rotatable bonds is 4. The van der Waals surface area contributed by atoms with Crippen LogP contribution in [0.3, 0.4) is 0 Å². The fourth-order valence-corrected chi connectivity index (χ4v) is 1.84. The second-order valence-corrected chi connectivity index (χ2v) is 4.41. The van der Waals surface area contributed by atoms with E-state index < -0.39 is 5.82 Å². The van der Waals surface area contributed by atoms with Crippen LogP contribution in [0.1, 0.15) is 30.5 Å². The van der Waals surface area contributed by atoms with Crippen molar-refractivity contribution in [2.24, 2.45) is 5.73 Å². The number of ether oxygens (including phenoxy) is 1. The molecule has 2 N–H and O–H groups in total. The Labute approximate surface area is 117 Å². The molecule has 2 rings (SSSR count). The lowest BCUT2D eigenvalue weighted by atomic mass is 10.1. The summed E-state index contributed by atoms with van der Waals surface area (Å²) in [5.74, 6) is 0.161. The van der Waals surface area contributed by atoms with Gasteiger partial charge >= 0.3 is 0 Å². The van der Waals surface area contributed by atoms with Gasteiger partial charge in [-0.3, -0.25) is 0 Å². The number of hydrogen-bond donors (Lipinski definition) is 1. The van der Waals surface area contributed by atoms with E-state index in [1.807, 2.05) is 19.1 Å². The van der Waals surface area contributed by atoms with Crippen LogP contribution in [0, 0.1) is 17.1 Å². The van der Waals surface area contributed by atoms with Crippen molar-refractivity contribution < 1.29 is 9.13 Å². The van der Waals surface area contributed by atoms with E-state index in [0.717, 1.165) is 12.0 Å². The minimum absolute atomic E-state index is 0.00658. The molecule has 0 saturated carbocycles. The van der Waals surface area contributed by atoms with Crippen LogP contribution < -0.4 is 10.5 Å². The first-order valence-corrected chi connectivity index (χ1v) is 6.37. The molecule has 0 amide bonds. The molecule has 0 aromatic heterocycles. The van der Waals surface area contributed by atoms with Crippen molar-refractivity contribution in [2.45, 2.75) is 19.4 Å². The average molecular weight is 270 g/mol. The maximum Gasteiger partial charge on any atom is 0.148 e. The topological polar surface area (TPSA) is 59.0 Å². The number of nitrogens with zero attached hydrogens (tertiary/aromatic N) is 1. The number of benzene rings is 2. The van der Waals surface area contributed by atoms with Crippen molar-refractivity contribution in [3.8, 4) is 17.6 Å². The zero-order chi connectivity index (χ0) is 14.5. The predicted octanol–water partition coefficient (Wildman–Crippen LogP) is 3.90. The highest BCUT2D eigenvalue weighted by Gasteiger charge is 2.10. The predicted molar refractivity (Wildman–Crippen MR) is 74.9 cm³/mol. The Balaban J connectivity index is 2.23. The molecule has 2 aromatic carbocycles. The average Bonchev–Trinajstić information content (AvgIpc) is 2.47. The highest BCUT2D eigenvalue weighted by Crippen LogP contribution is 2.27. The summed E-state index contributed by atoms with van der Waals surface area (Å²) in [5.41, 5.74) is 6.85. The fraction of sp³-hybridized carbons (Fsp3) is 0.188. The Morgan fingerprint density at radius 1 is 1.25 bits per heavy atom. The lowest BCUT2D eigenvalue weighted by Crippen LogP contribution is -2.08. The SMILES string of the molecule is CC[C@@H](N)c1ccc(Oc2cccc(F)c2C#N)cc1. The molecule has 0 unspecified atom stereocenters. The van der Waals surface area contributed by atoms with Crippen molar-refractivity contribution in [3.05, 3.63) is 59.4 Å². The molecule has 2 aromatic rings. The maximum absolute atomic E-state index is 13.4. The molecule has 0 saturated heterocycles. The normalized spacial score (nSPS) is 11.7. The first-order chi connectivity index (χ1) is 9.65. The van der Waals surface area contributed by atoms with Gasteiger partial charge < -0.3 is 10.5 Å². The molecule has 3 nitrogen and oxygen atoms in total. The van der Waals surface area contributed by atoms with Crippen LogP contribution in [0.5, 0.6) is 11.5 Å². The van der Waals surface area contributed by atoms with E-state index in [0.29, 0.717) is 5.75 Å².